The smallest absolute Gasteiger partial charge is 0.242 e. The molecule has 0 bridgehead atoms. The quantitative estimate of drug-likeness (QED) is 0.780. The Morgan fingerprint density at radius 1 is 1.27 bits per heavy atom. The van der Waals surface area contributed by atoms with Gasteiger partial charge < -0.3 is 14.5 Å². The van der Waals surface area contributed by atoms with E-state index in [9.17, 15) is 14.0 Å². The molecular formula is C20H29FN2O3. The lowest BCUT2D eigenvalue weighted by molar-refractivity contribution is -0.140. The predicted molar refractivity (Wildman–Crippen MR) is 97.8 cm³/mol. The van der Waals surface area contributed by atoms with Crippen LogP contribution in [0.5, 0.6) is 0 Å². The number of hydrogen-bond donors (Lipinski definition) is 0. The van der Waals surface area contributed by atoms with Crippen LogP contribution < -0.4 is 0 Å². The zero-order chi connectivity index (χ0) is 19.3. The van der Waals surface area contributed by atoms with Crippen LogP contribution in [0.4, 0.5) is 4.39 Å². The lowest BCUT2D eigenvalue weighted by Gasteiger charge is -2.26. The van der Waals surface area contributed by atoms with Gasteiger partial charge in [0.2, 0.25) is 11.8 Å². The van der Waals surface area contributed by atoms with Gasteiger partial charge in [0, 0.05) is 25.6 Å². The van der Waals surface area contributed by atoms with Crippen LogP contribution in [0.1, 0.15) is 33.3 Å². The summed E-state index contributed by atoms with van der Waals surface area (Å²) in [6.45, 7) is 9.52. The minimum absolute atomic E-state index is 0.0513. The Morgan fingerprint density at radius 3 is 2.62 bits per heavy atom. The molecule has 0 aromatic heterocycles. The Balaban J connectivity index is 2.11. The molecule has 26 heavy (non-hydrogen) atoms. The molecule has 0 N–H and O–H groups in total. The van der Waals surface area contributed by atoms with Gasteiger partial charge in [-0.3, -0.25) is 9.59 Å². The first-order valence-corrected chi connectivity index (χ1v) is 9.19. The Bertz CT molecular complexity index is 633. The maximum absolute atomic E-state index is 13.3. The minimum Gasteiger partial charge on any atom is -0.370 e. The fraction of sp³-hybridized carbons (Fsp3) is 0.600. The van der Waals surface area contributed by atoms with E-state index in [0.29, 0.717) is 25.6 Å². The maximum Gasteiger partial charge on any atom is 0.242 e. The number of ether oxygens (including phenoxy) is 1. The third-order valence-electron chi connectivity index (χ3n) is 4.29. The van der Waals surface area contributed by atoms with E-state index in [4.69, 9.17) is 4.74 Å². The van der Waals surface area contributed by atoms with Crippen molar-refractivity contribution in [3.05, 3.63) is 35.6 Å². The van der Waals surface area contributed by atoms with E-state index < -0.39 is 0 Å². The molecule has 1 aliphatic heterocycles. The zero-order valence-corrected chi connectivity index (χ0v) is 16.1. The monoisotopic (exact) mass is 364 g/mol. The summed E-state index contributed by atoms with van der Waals surface area (Å²) in [6, 6.07) is 6.27. The summed E-state index contributed by atoms with van der Waals surface area (Å²) in [5, 5.41) is 0. The highest BCUT2D eigenvalue weighted by atomic mass is 19.1. The van der Waals surface area contributed by atoms with E-state index in [1.807, 2.05) is 13.8 Å². The van der Waals surface area contributed by atoms with Crippen molar-refractivity contribution in [3.8, 4) is 0 Å². The summed E-state index contributed by atoms with van der Waals surface area (Å²) in [4.78, 5) is 28.4. The molecule has 1 aliphatic rings. The van der Waals surface area contributed by atoms with Crippen LogP contribution in [-0.2, 0) is 20.9 Å². The third kappa shape index (κ3) is 5.80. The summed E-state index contributed by atoms with van der Waals surface area (Å²) in [5.74, 6) is -0.257. The second-order valence-corrected chi connectivity index (χ2v) is 7.63. The molecule has 1 fully saturated rings. The first-order valence-electron chi connectivity index (χ1n) is 9.19. The number of rotatable bonds is 6. The summed E-state index contributed by atoms with van der Waals surface area (Å²) in [6.07, 6.45) is -0.300. The van der Waals surface area contributed by atoms with Crippen molar-refractivity contribution >= 4 is 11.8 Å². The van der Waals surface area contributed by atoms with Crippen molar-refractivity contribution in [2.24, 2.45) is 11.8 Å². The number of carbonyl (C=O) groups excluding carboxylic acids is 2. The summed E-state index contributed by atoms with van der Waals surface area (Å²) < 4.78 is 19.3. The molecule has 5 nitrogen and oxygen atoms in total. The number of hydrogen-bond acceptors (Lipinski definition) is 3. The predicted octanol–water partition coefficient (Wildman–Crippen LogP) is 2.69. The van der Waals surface area contributed by atoms with E-state index in [0.717, 1.165) is 5.56 Å². The van der Waals surface area contributed by atoms with Gasteiger partial charge in [0.15, 0.2) is 0 Å². The zero-order valence-electron chi connectivity index (χ0n) is 16.1. The van der Waals surface area contributed by atoms with Crippen LogP contribution in [-0.4, -0.2) is 53.9 Å². The van der Waals surface area contributed by atoms with Crippen LogP contribution in [0, 0.1) is 17.7 Å². The molecule has 1 saturated heterocycles. The van der Waals surface area contributed by atoms with Gasteiger partial charge in [-0.2, -0.15) is 0 Å². The highest BCUT2D eigenvalue weighted by Crippen LogP contribution is 2.15. The highest BCUT2D eigenvalue weighted by Gasteiger charge is 2.31. The molecule has 2 rings (SSSR count). The van der Waals surface area contributed by atoms with Gasteiger partial charge in [-0.15, -0.1) is 0 Å². The fourth-order valence-electron chi connectivity index (χ4n) is 3.08. The molecule has 1 atom stereocenters. The van der Waals surface area contributed by atoms with Crippen molar-refractivity contribution < 1.29 is 18.7 Å². The minimum atomic E-state index is -0.305. The van der Waals surface area contributed by atoms with Crippen molar-refractivity contribution in [3.63, 3.8) is 0 Å². The SMILES string of the molecule is CC(C)CN1C[C@H](OCc2cccc(F)c2)CN(C(=O)C(C)C)CC1=O. The van der Waals surface area contributed by atoms with Gasteiger partial charge in [0.1, 0.15) is 5.82 Å². The standard InChI is InChI=1S/C20H29FN2O3/c1-14(2)9-22-10-18(26-13-16-6-5-7-17(21)8-16)11-23(12-19(22)24)20(25)15(3)4/h5-8,14-15,18H,9-13H2,1-4H3/t18-/m0/s1. The largest absolute Gasteiger partial charge is 0.370 e. The second kappa shape index (κ2) is 9.12. The van der Waals surface area contributed by atoms with Crippen LogP contribution >= 0.6 is 0 Å². The first kappa shape index (κ1) is 20.4. The molecule has 1 aromatic carbocycles. The first-order chi connectivity index (χ1) is 12.3. The molecule has 0 saturated carbocycles. The topological polar surface area (TPSA) is 49.9 Å². The Labute approximate surface area is 155 Å². The van der Waals surface area contributed by atoms with Crippen molar-refractivity contribution in [2.45, 2.75) is 40.4 Å². The van der Waals surface area contributed by atoms with E-state index >= 15 is 0 Å². The van der Waals surface area contributed by atoms with Gasteiger partial charge in [0.25, 0.3) is 0 Å². The number of halogens is 1. The number of amides is 2. The molecule has 1 aromatic rings. The van der Waals surface area contributed by atoms with Crippen molar-refractivity contribution in [1.29, 1.82) is 0 Å². The molecule has 144 valence electrons. The summed E-state index contributed by atoms with van der Waals surface area (Å²) in [5.41, 5.74) is 0.734. The molecule has 1 heterocycles. The Kier molecular flexibility index (Phi) is 7.14. The molecule has 2 amide bonds. The molecule has 0 spiro atoms. The van der Waals surface area contributed by atoms with Crippen LogP contribution in [0.25, 0.3) is 0 Å². The lowest BCUT2D eigenvalue weighted by Crippen LogP contribution is -2.42. The van der Waals surface area contributed by atoms with E-state index in [1.54, 1.807) is 21.9 Å². The average Bonchev–Trinajstić information content (AvgIpc) is 2.71. The van der Waals surface area contributed by atoms with E-state index in [2.05, 4.69) is 13.8 Å². The fourth-order valence-corrected chi connectivity index (χ4v) is 3.08. The van der Waals surface area contributed by atoms with Crippen LogP contribution in [0.3, 0.4) is 0 Å². The second-order valence-electron chi connectivity index (χ2n) is 7.63. The Hall–Kier alpha value is -1.95. The Morgan fingerprint density at radius 2 is 2.00 bits per heavy atom. The number of carbonyl (C=O) groups is 2. The van der Waals surface area contributed by atoms with Gasteiger partial charge in [-0.05, 0) is 23.6 Å². The van der Waals surface area contributed by atoms with Gasteiger partial charge in [-0.25, -0.2) is 4.39 Å². The molecule has 0 radical (unpaired) electrons. The van der Waals surface area contributed by atoms with Gasteiger partial charge >= 0.3 is 0 Å². The van der Waals surface area contributed by atoms with Crippen LogP contribution in [0.2, 0.25) is 0 Å². The number of nitrogens with zero attached hydrogens (tertiary/aromatic N) is 2. The molecular weight excluding hydrogens is 335 g/mol. The normalized spacial score (nSPS) is 18.6. The lowest BCUT2D eigenvalue weighted by atomic mass is 10.2. The highest BCUT2D eigenvalue weighted by molar-refractivity contribution is 5.86. The van der Waals surface area contributed by atoms with Crippen molar-refractivity contribution in [1.82, 2.24) is 9.80 Å². The summed E-state index contributed by atoms with van der Waals surface area (Å²) >= 11 is 0. The molecule has 6 heteroatoms. The average molecular weight is 364 g/mol. The van der Waals surface area contributed by atoms with Gasteiger partial charge in [0.05, 0.1) is 19.3 Å². The van der Waals surface area contributed by atoms with Crippen molar-refractivity contribution in [2.75, 3.05) is 26.2 Å². The van der Waals surface area contributed by atoms with Crippen LogP contribution in [0.15, 0.2) is 24.3 Å². The van der Waals surface area contributed by atoms with E-state index in [-0.39, 0.29) is 42.8 Å². The summed E-state index contributed by atoms with van der Waals surface area (Å²) in [7, 11) is 0. The number of benzene rings is 1. The third-order valence-corrected chi connectivity index (χ3v) is 4.29. The maximum atomic E-state index is 13.3. The molecule has 0 unspecified atom stereocenters. The molecule has 0 aliphatic carbocycles. The van der Waals surface area contributed by atoms with E-state index in [1.165, 1.54) is 12.1 Å². The van der Waals surface area contributed by atoms with Gasteiger partial charge in [-0.1, -0.05) is 39.8 Å².